The minimum absolute atomic E-state index is 0. The Hall–Kier alpha value is -15.9. The molecular formula is C108H97BBrKN21O7Pd-. The second kappa shape index (κ2) is 52.4. The third kappa shape index (κ3) is 30.8. The number of hydrogen-bond donors (Lipinski definition) is 15. The van der Waals surface area contributed by atoms with E-state index in [-0.39, 0.29) is 103 Å². The molecule has 0 aliphatic carbocycles. The summed E-state index contributed by atoms with van der Waals surface area (Å²) >= 11 is 3.36. The molecule has 28 nitrogen and oxygen atoms in total. The van der Waals surface area contributed by atoms with Crippen molar-refractivity contribution in [1.82, 2.24) is 29.9 Å². The number of aromatic nitrogens is 6. The molecule has 32 heteroatoms. The summed E-state index contributed by atoms with van der Waals surface area (Å²) in [6.45, 7) is 35.7. The molecule has 0 fully saturated rings. The summed E-state index contributed by atoms with van der Waals surface area (Å²) in [6.07, 6.45) is 1.50. The van der Waals surface area contributed by atoms with Crippen molar-refractivity contribution in [3.05, 3.63) is 404 Å². The molecule has 0 atom stereocenters. The average molecular weight is 2040 g/mol. The number of amidine groups is 4. The number of halogens is 1. The molecule has 140 heavy (non-hydrogen) atoms. The van der Waals surface area contributed by atoms with Crippen LogP contribution in [0.15, 0.2) is 300 Å². The van der Waals surface area contributed by atoms with Gasteiger partial charge in [0.1, 0.15) is 41.7 Å². The van der Waals surface area contributed by atoms with E-state index in [0.717, 1.165) is 156 Å². The first-order valence-corrected chi connectivity index (χ1v) is 42.7. The van der Waals surface area contributed by atoms with Gasteiger partial charge in [-0.05, 0) is 210 Å². The van der Waals surface area contributed by atoms with Crippen molar-refractivity contribution < 1.29 is 107 Å². The minimum Gasteiger partial charge on any atom is -0.850 e. The van der Waals surface area contributed by atoms with Crippen molar-refractivity contribution >= 4 is 126 Å². The van der Waals surface area contributed by atoms with Crippen molar-refractivity contribution in [1.29, 1.82) is 21.3 Å². The van der Waals surface area contributed by atoms with Gasteiger partial charge in [-0.1, -0.05) is 234 Å². The van der Waals surface area contributed by atoms with E-state index in [4.69, 9.17) is 95.9 Å². The number of aromatic amines is 3. The summed E-state index contributed by atoms with van der Waals surface area (Å²) in [6, 6.07) is 91.4. The van der Waals surface area contributed by atoms with E-state index in [2.05, 4.69) is 101 Å². The van der Waals surface area contributed by atoms with Crippen LogP contribution >= 0.6 is 15.9 Å². The third-order valence-corrected chi connectivity index (χ3v) is 21.5. The van der Waals surface area contributed by atoms with Crippen LogP contribution in [0.5, 0.6) is 0 Å². The van der Waals surface area contributed by atoms with Crippen molar-refractivity contribution in [3.63, 3.8) is 0 Å². The SMILES string of the molecule is CC(C)(C)[O-].Cc1cc(/C(N)=N\O)ccc1-c1cccc(-c2nc3ccc(/C(N)=N/O)cc3[nH]2)c1.Cc1cc(C(=N)N)ccc1-c1cccc(-c2nc3ccc(C(=N)N)cc3[nH]2)c1.N#Cc1ccc(N)c(N)c1.O=Cc1cccc(B(O)O)c1.[C-]#[N+]c1ccc(-c2cccc(-c3nc4ccc(C#N)cc4[nH]3)c2)c(C)c1.[C-]#[N+]c1ccc(-c2cccc(C=O)c2)c(C)c1.[C-]#[N+]c1ccc(Br)c(C)c1.[CH3-].[K+].[Pd]. The van der Waals surface area contributed by atoms with Crippen molar-refractivity contribution in [3.8, 4) is 90.8 Å². The predicted octanol–water partition coefficient (Wildman–Crippen LogP) is 17.6. The van der Waals surface area contributed by atoms with Crippen LogP contribution in [-0.2, 0) is 20.4 Å². The van der Waals surface area contributed by atoms with E-state index in [0.29, 0.717) is 79.1 Å². The largest absolute Gasteiger partial charge is 1.00 e. The van der Waals surface area contributed by atoms with Crippen LogP contribution in [0.25, 0.3) is 126 Å². The van der Waals surface area contributed by atoms with Crippen molar-refractivity contribution in [2.75, 3.05) is 11.5 Å². The summed E-state index contributed by atoms with van der Waals surface area (Å²) in [5.74, 6) is 2.46. The summed E-state index contributed by atoms with van der Waals surface area (Å²) in [5, 5.41) is 83.9. The fourth-order valence-corrected chi connectivity index (χ4v) is 14.0. The number of imidazole rings is 3. The molecule has 3 aromatic heterocycles. The second-order valence-electron chi connectivity index (χ2n) is 31.9. The number of rotatable bonds is 14. The van der Waals surface area contributed by atoms with E-state index < -0.39 is 12.7 Å². The number of nitrogens with zero attached hydrogens (tertiary/aromatic N) is 10. The van der Waals surface area contributed by atoms with Crippen LogP contribution in [-0.4, -0.2) is 99.0 Å². The zero-order valence-corrected chi connectivity index (χ0v) is 84.3. The first kappa shape index (κ1) is 111. The summed E-state index contributed by atoms with van der Waals surface area (Å²) in [7, 11) is -1.50. The van der Waals surface area contributed by atoms with E-state index in [9.17, 15) is 14.7 Å². The van der Waals surface area contributed by atoms with E-state index >= 15 is 0 Å². The van der Waals surface area contributed by atoms with Gasteiger partial charge >= 0.3 is 58.5 Å². The van der Waals surface area contributed by atoms with Gasteiger partial charge in [-0.15, -0.1) is 5.60 Å². The van der Waals surface area contributed by atoms with Crippen molar-refractivity contribution in [2.45, 2.75) is 61.0 Å². The number of nitrogen functional groups attached to an aromatic ring is 4. The molecular weight excluding hydrogens is 1940 g/mol. The number of oxime groups is 2. The van der Waals surface area contributed by atoms with Gasteiger partial charge in [0.15, 0.2) is 28.7 Å². The summed E-state index contributed by atoms with van der Waals surface area (Å²) in [4.78, 5) is 55.0. The Kier molecular flexibility index (Phi) is 41.6. The predicted molar refractivity (Wildman–Crippen MR) is 554 cm³/mol. The van der Waals surface area contributed by atoms with Crippen LogP contribution in [0.1, 0.15) is 103 Å². The Bertz CT molecular complexity index is 7600. The molecule has 0 bridgehead atoms. The molecule has 0 unspecified atom stereocenters. The number of nitriles is 2. The summed E-state index contributed by atoms with van der Waals surface area (Å²) < 4.78 is 1.06. The normalized spacial score (nSPS) is 10.4. The monoisotopic (exact) mass is 2030 g/mol. The Morgan fingerprint density at radius 2 is 0.757 bits per heavy atom. The Morgan fingerprint density at radius 1 is 0.436 bits per heavy atom. The van der Waals surface area contributed by atoms with Crippen molar-refractivity contribution in [2.24, 2.45) is 33.2 Å². The number of carbonyl (C=O) groups is 2. The zero-order chi connectivity index (χ0) is 99.3. The van der Waals surface area contributed by atoms with Gasteiger partial charge in [0.25, 0.3) is 0 Å². The molecule has 0 saturated carbocycles. The maximum atomic E-state index is 10.7. The van der Waals surface area contributed by atoms with Gasteiger partial charge in [-0.3, -0.25) is 20.4 Å². The number of aryl methyl sites for hydroxylation is 5. The van der Waals surface area contributed by atoms with Crippen LogP contribution in [0.3, 0.4) is 0 Å². The van der Waals surface area contributed by atoms with Crippen LogP contribution in [0.2, 0.25) is 0 Å². The number of hydrogen-bond acceptors (Lipinski definition) is 18. The van der Waals surface area contributed by atoms with E-state index in [1.54, 1.807) is 93.6 Å². The maximum absolute atomic E-state index is 10.7. The zero-order valence-electron chi connectivity index (χ0n) is 78.0. The standard InChI is InChI=1S/C22H20N6O2.C22H20N6.C22H14N4.C15H11NO.C8H6BrN.C7H7BO3.C7H7N3.C4H9O.CH3.K.Pd/c1-12-9-14(20(23)27-29)5-7-17(12)13-3-2-4-16(10-13)22-25-18-8-6-15(21(24)28-30)11-19(18)26-22;1-12-9-14(20(23)24)5-7-17(12)13-3-2-4-16(10-13)22-27-18-8-6-15(21(25)26)11-19(18)28-22;1-14-10-18(24-2)7-8-19(14)16-4-3-5-17(12-16)22-25-20-9-6-15(13-23)11-21(20)26-22;1-11-8-14(16-2)6-7-15(11)13-5-3-4-12(9-13)10-17;1-6-5-7(10-2)3-4-8(6)9;9-5-6-2-1-3-7(4-6)8(10)11;8-4-5-1-2-6(9)7(10)3-5;1-4(2,3)5;;;/h2-11,29-30H,1H3,(H2,23,27)(H2,24,28)(H,25,26);2-11H,1H3,(H3,23,24)(H3,25,26)(H,27,28);3-12H,1H3,(H,25,26);3-10H,1H3;3-5H,1H3;1-5,10-11H;1-3H,9-10H2;1-3H3;1H3;;/q;;;;;;;2*-1;+1;. The Morgan fingerprint density at radius 3 is 1.15 bits per heavy atom. The summed E-state index contributed by atoms with van der Waals surface area (Å²) in [5.41, 5.74) is 62.3. The first-order valence-electron chi connectivity index (χ1n) is 42.0. The molecule has 698 valence electrons. The average Bonchev–Trinajstić information content (AvgIpc) is 1.62. The minimum atomic E-state index is -1.50. The molecule has 21 N–H and O–H groups in total. The molecule has 17 rings (SSSR count). The second-order valence-corrected chi connectivity index (χ2v) is 32.8. The molecule has 0 spiro atoms. The fraction of sp³-hybridized carbons (Fsp3) is 0.0833. The smallest absolute Gasteiger partial charge is 0.850 e. The topological polar surface area (TPSA) is 513 Å². The van der Waals surface area contributed by atoms with Gasteiger partial charge in [0.05, 0.1) is 87.5 Å². The van der Waals surface area contributed by atoms with E-state index in [1.165, 1.54) is 12.1 Å². The van der Waals surface area contributed by atoms with Crippen LogP contribution in [0.4, 0.5) is 28.4 Å². The quantitative estimate of drug-likeness (QED) is 0.00703. The Balaban J connectivity index is 0.000000227. The number of carbonyl (C=O) groups excluding carboxylic acids is 2. The Labute approximate surface area is 876 Å². The number of anilines is 2. The van der Waals surface area contributed by atoms with Crippen LogP contribution < -0.4 is 96.4 Å². The van der Waals surface area contributed by atoms with Gasteiger partial charge in [-0.25, -0.2) is 29.5 Å². The van der Waals surface area contributed by atoms with E-state index in [1.807, 2.05) is 217 Å². The molecule has 0 aliphatic rings. The molecule has 3 heterocycles. The molecule has 17 aromatic rings. The maximum Gasteiger partial charge on any atom is 1.00 e. The molecule has 0 radical (unpaired) electrons. The van der Waals surface area contributed by atoms with Gasteiger partial charge in [-0.2, -0.15) is 10.5 Å². The third-order valence-electron chi connectivity index (χ3n) is 20.6. The van der Waals surface area contributed by atoms with Gasteiger partial charge in [0.2, 0.25) is 0 Å². The molecule has 14 aromatic carbocycles. The van der Waals surface area contributed by atoms with Gasteiger partial charge < -0.3 is 82.3 Å². The number of nitrogens with one attached hydrogen (secondary N) is 5. The number of aldehydes is 2. The fourth-order valence-electron chi connectivity index (χ4n) is 13.8. The first-order chi connectivity index (χ1) is 65.5. The molecule has 0 aliphatic heterocycles. The number of fused-ring (bicyclic) bond motifs is 3. The molecule has 0 saturated heterocycles. The molecule has 0 amide bonds. The number of nitrogens with two attached hydrogens (primary N) is 6. The van der Waals surface area contributed by atoms with Gasteiger partial charge in [0, 0.05) is 75.0 Å². The van der Waals surface area contributed by atoms with Crippen LogP contribution in [0, 0.1) is 95.2 Å². The number of H-pyrrole nitrogens is 3. The number of benzene rings is 14.